The number of benzene rings is 2. The Morgan fingerprint density at radius 1 is 1.10 bits per heavy atom. The molecule has 3 aromatic rings. The van der Waals surface area contributed by atoms with Gasteiger partial charge in [-0.15, -0.1) is 0 Å². The van der Waals surface area contributed by atoms with Crippen LogP contribution in [-0.2, 0) is 7.05 Å². The predicted molar refractivity (Wildman–Crippen MR) is 117 cm³/mol. The molecule has 0 atom stereocenters. The maximum absolute atomic E-state index is 12.5. The SMILES string of the molecule is COc1ccc(NC(=O)Nc2ccc3c(c2)OC(C)(C)O3)cc1-c1c(Br)cnn1C. The van der Waals surface area contributed by atoms with Crippen molar-refractivity contribution < 1.29 is 19.0 Å². The van der Waals surface area contributed by atoms with Gasteiger partial charge in [-0.05, 0) is 46.3 Å². The number of hydrogen-bond acceptors (Lipinski definition) is 5. The van der Waals surface area contributed by atoms with Crippen molar-refractivity contribution in [1.82, 2.24) is 9.78 Å². The fourth-order valence-electron chi connectivity index (χ4n) is 3.28. The predicted octanol–water partition coefficient (Wildman–Crippen LogP) is 5.01. The Morgan fingerprint density at radius 2 is 1.77 bits per heavy atom. The summed E-state index contributed by atoms with van der Waals surface area (Å²) in [6, 6.07) is 10.3. The molecule has 0 aliphatic carbocycles. The molecule has 2 aromatic carbocycles. The molecule has 0 bridgehead atoms. The number of nitrogens with one attached hydrogen (secondary N) is 2. The van der Waals surface area contributed by atoms with Crippen LogP contribution < -0.4 is 24.8 Å². The number of amides is 2. The lowest BCUT2D eigenvalue weighted by Crippen LogP contribution is -2.29. The van der Waals surface area contributed by atoms with E-state index in [-0.39, 0.29) is 6.03 Å². The van der Waals surface area contributed by atoms with E-state index in [9.17, 15) is 4.79 Å². The molecule has 9 heteroatoms. The average molecular weight is 473 g/mol. The Kier molecular flexibility index (Phi) is 5.07. The lowest BCUT2D eigenvalue weighted by Gasteiger charge is -2.16. The number of aryl methyl sites for hydroxylation is 1. The van der Waals surface area contributed by atoms with Crippen LogP contribution in [0.5, 0.6) is 17.2 Å². The van der Waals surface area contributed by atoms with Gasteiger partial charge >= 0.3 is 6.03 Å². The monoisotopic (exact) mass is 472 g/mol. The summed E-state index contributed by atoms with van der Waals surface area (Å²) in [5, 5.41) is 9.90. The third-order valence-electron chi connectivity index (χ3n) is 4.52. The number of halogens is 1. The average Bonchev–Trinajstić information content (AvgIpc) is 3.17. The van der Waals surface area contributed by atoms with E-state index in [1.165, 1.54) is 0 Å². The van der Waals surface area contributed by atoms with Gasteiger partial charge in [0.05, 0.1) is 23.5 Å². The Hall–Kier alpha value is -3.20. The van der Waals surface area contributed by atoms with Gasteiger partial charge in [0, 0.05) is 43.9 Å². The number of hydrogen-bond donors (Lipinski definition) is 2. The third kappa shape index (κ3) is 3.93. The number of methoxy groups -OCH3 is 1. The summed E-state index contributed by atoms with van der Waals surface area (Å²) < 4.78 is 19.4. The topological polar surface area (TPSA) is 86.6 Å². The molecule has 30 heavy (non-hydrogen) atoms. The number of carbonyl (C=O) groups excluding carboxylic acids is 1. The van der Waals surface area contributed by atoms with Gasteiger partial charge in [-0.1, -0.05) is 0 Å². The Balaban J connectivity index is 1.53. The zero-order valence-corrected chi connectivity index (χ0v) is 18.5. The molecule has 1 aliphatic rings. The number of ether oxygens (including phenoxy) is 3. The van der Waals surface area contributed by atoms with E-state index in [4.69, 9.17) is 14.2 Å². The summed E-state index contributed by atoms with van der Waals surface area (Å²) in [5.41, 5.74) is 2.84. The first kappa shape index (κ1) is 20.1. The van der Waals surface area contributed by atoms with Crippen molar-refractivity contribution in [3.05, 3.63) is 47.1 Å². The fourth-order valence-corrected chi connectivity index (χ4v) is 3.84. The molecule has 1 aliphatic heterocycles. The molecule has 0 spiro atoms. The standard InChI is InChI=1S/C21H21BrN4O4/c1-21(2)29-17-8-6-13(10-18(17)30-21)25-20(27)24-12-5-7-16(28-4)14(9-12)19-15(22)11-23-26(19)3/h5-11H,1-4H3,(H2,24,25,27). The van der Waals surface area contributed by atoms with Gasteiger partial charge in [0.15, 0.2) is 11.5 Å². The van der Waals surface area contributed by atoms with Crippen molar-refractivity contribution >= 4 is 33.3 Å². The highest BCUT2D eigenvalue weighted by molar-refractivity contribution is 9.10. The van der Waals surface area contributed by atoms with Crippen molar-refractivity contribution in [2.45, 2.75) is 19.6 Å². The number of fused-ring (bicyclic) bond motifs is 1. The quantitative estimate of drug-likeness (QED) is 0.557. The van der Waals surface area contributed by atoms with E-state index in [2.05, 4.69) is 31.7 Å². The fraction of sp³-hybridized carbons (Fsp3) is 0.238. The summed E-state index contributed by atoms with van der Waals surface area (Å²) in [7, 11) is 3.44. The van der Waals surface area contributed by atoms with Gasteiger partial charge in [-0.25, -0.2) is 4.79 Å². The molecular formula is C21H21BrN4O4. The minimum Gasteiger partial charge on any atom is -0.496 e. The lowest BCUT2D eigenvalue weighted by molar-refractivity contribution is -0.0431. The van der Waals surface area contributed by atoms with E-state index in [0.717, 1.165) is 15.7 Å². The largest absolute Gasteiger partial charge is 0.496 e. The number of aromatic nitrogens is 2. The number of carbonyl (C=O) groups is 1. The summed E-state index contributed by atoms with van der Waals surface area (Å²) >= 11 is 3.51. The van der Waals surface area contributed by atoms with E-state index < -0.39 is 5.79 Å². The number of rotatable bonds is 4. The molecule has 2 amide bonds. The van der Waals surface area contributed by atoms with Crippen LogP contribution in [0.25, 0.3) is 11.3 Å². The molecular weight excluding hydrogens is 452 g/mol. The highest BCUT2D eigenvalue weighted by atomic mass is 79.9. The molecule has 0 radical (unpaired) electrons. The summed E-state index contributed by atoms with van der Waals surface area (Å²) in [6.45, 7) is 3.66. The van der Waals surface area contributed by atoms with Gasteiger partial charge < -0.3 is 24.8 Å². The molecule has 2 heterocycles. The highest BCUT2D eigenvalue weighted by Gasteiger charge is 2.31. The van der Waals surface area contributed by atoms with Crippen LogP contribution in [0.3, 0.4) is 0 Å². The Labute approximate surface area is 182 Å². The molecule has 0 saturated carbocycles. The van der Waals surface area contributed by atoms with Crippen LogP contribution in [-0.4, -0.2) is 28.7 Å². The minimum atomic E-state index is -0.719. The van der Waals surface area contributed by atoms with Crippen molar-refractivity contribution in [2.75, 3.05) is 17.7 Å². The zero-order chi connectivity index (χ0) is 21.5. The second-order valence-corrected chi connectivity index (χ2v) is 8.08. The number of anilines is 2. The highest BCUT2D eigenvalue weighted by Crippen LogP contribution is 2.41. The Bertz CT molecular complexity index is 1110. The molecule has 0 unspecified atom stereocenters. The van der Waals surface area contributed by atoms with Crippen LogP contribution >= 0.6 is 15.9 Å². The van der Waals surface area contributed by atoms with Gasteiger partial charge in [-0.2, -0.15) is 5.10 Å². The lowest BCUT2D eigenvalue weighted by atomic mass is 10.1. The van der Waals surface area contributed by atoms with E-state index in [1.54, 1.807) is 48.3 Å². The molecule has 0 saturated heterocycles. The van der Waals surface area contributed by atoms with Crippen LogP contribution in [0.4, 0.5) is 16.2 Å². The van der Waals surface area contributed by atoms with E-state index in [1.807, 2.05) is 27.0 Å². The van der Waals surface area contributed by atoms with Crippen molar-refractivity contribution in [2.24, 2.45) is 7.05 Å². The molecule has 2 N–H and O–H groups in total. The van der Waals surface area contributed by atoms with Crippen LogP contribution in [0.1, 0.15) is 13.8 Å². The van der Waals surface area contributed by atoms with Gasteiger partial charge in [-0.3, -0.25) is 4.68 Å². The van der Waals surface area contributed by atoms with Gasteiger partial charge in [0.25, 0.3) is 0 Å². The van der Waals surface area contributed by atoms with Crippen LogP contribution in [0.2, 0.25) is 0 Å². The molecule has 1 aromatic heterocycles. The van der Waals surface area contributed by atoms with E-state index in [0.29, 0.717) is 28.6 Å². The summed E-state index contributed by atoms with van der Waals surface area (Å²) in [4.78, 5) is 12.5. The summed E-state index contributed by atoms with van der Waals surface area (Å²) in [5.74, 6) is 1.18. The van der Waals surface area contributed by atoms with Gasteiger partial charge in [0.2, 0.25) is 5.79 Å². The van der Waals surface area contributed by atoms with Crippen molar-refractivity contribution in [3.8, 4) is 28.5 Å². The van der Waals surface area contributed by atoms with Crippen molar-refractivity contribution in [1.29, 1.82) is 0 Å². The maximum atomic E-state index is 12.5. The second kappa shape index (κ2) is 7.56. The number of urea groups is 1. The van der Waals surface area contributed by atoms with Crippen molar-refractivity contribution in [3.63, 3.8) is 0 Å². The molecule has 0 fully saturated rings. The van der Waals surface area contributed by atoms with E-state index >= 15 is 0 Å². The maximum Gasteiger partial charge on any atom is 0.323 e. The summed E-state index contributed by atoms with van der Waals surface area (Å²) in [6.07, 6.45) is 1.71. The second-order valence-electron chi connectivity index (χ2n) is 7.22. The normalized spacial score (nSPS) is 13.8. The molecule has 8 nitrogen and oxygen atoms in total. The first-order chi connectivity index (χ1) is 14.3. The van der Waals surface area contributed by atoms with Gasteiger partial charge in [0.1, 0.15) is 5.75 Å². The third-order valence-corrected chi connectivity index (χ3v) is 5.10. The first-order valence-corrected chi connectivity index (χ1v) is 10.0. The smallest absolute Gasteiger partial charge is 0.323 e. The molecule has 156 valence electrons. The van der Waals surface area contributed by atoms with Crippen LogP contribution in [0.15, 0.2) is 47.1 Å². The Morgan fingerprint density at radius 3 is 2.43 bits per heavy atom. The van der Waals surface area contributed by atoms with Crippen LogP contribution in [0, 0.1) is 0 Å². The molecule has 4 rings (SSSR count). The number of nitrogens with zero attached hydrogens (tertiary/aromatic N) is 2. The zero-order valence-electron chi connectivity index (χ0n) is 16.9. The minimum absolute atomic E-state index is 0.381. The first-order valence-electron chi connectivity index (χ1n) is 9.22.